The van der Waals surface area contributed by atoms with Gasteiger partial charge in [-0.25, -0.2) is 4.79 Å². The van der Waals surface area contributed by atoms with E-state index < -0.39 is 28.7 Å². The molecule has 1 aromatic carbocycles. The lowest BCUT2D eigenvalue weighted by Crippen LogP contribution is -2.34. The van der Waals surface area contributed by atoms with Gasteiger partial charge in [0, 0.05) is 6.42 Å². The third kappa shape index (κ3) is 6.83. The third-order valence-electron chi connectivity index (χ3n) is 4.35. The first-order valence-electron chi connectivity index (χ1n) is 9.27. The van der Waals surface area contributed by atoms with Gasteiger partial charge in [0.05, 0.1) is 17.7 Å². The summed E-state index contributed by atoms with van der Waals surface area (Å²) in [7, 11) is 1.32. The van der Waals surface area contributed by atoms with Gasteiger partial charge in [0.25, 0.3) is 0 Å². The molecule has 29 heavy (non-hydrogen) atoms. The molecule has 0 amide bonds. The van der Waals surface area contributed by atoms with E-state index in [0.717, 1.165) is 31.4 Å². The first kappa shape index (κ1) is 23.9. The van der Waals surface area contributed by atoms with Crippen LogP contribution in [0.1, 0.15) is 51.5 Å². The fourth-order valence-corrected chi connectivity index (χ4v) is 4.08. The Bertz CT molecular complexity index is 754. The number of unbranched alkanes of at least 4 members (excludes halogenated alkanes) is 2. The van der Waals surface area contributed by atoms with Gasteiger partial charge in [0.15, 0.2) is 11.2 Å². The van der Waals surface area contributed by atoms with E-state index >= 15 is 0 Å². The number of esters is 1. The molecule has 0 saturated carbocycles. The fraction of sp³-hybridized carbons (Fsp3) is 0.550. The van der Waals surface area contributed by atoms with Crippen LogP contribution >= 0.6 is 23.4 Å². The summed E-state index contributed by atoms with van der Waals surface area (Å²) in [5.41, 5.74) is -0.843. The van der Waals surface area contributed by atoms with E-state index in [1.54, 1.807) is 6.08 Å². The fourth-order valence-electron chi connectivity index (χ4n) is 2.80. The zero-order chi connectivity index (χ0) is 21.7. The molecule has 1 heterocycles. The number of ether oxygens (including phenoxy) is 3. The summed E-state index contributed by atoms with van der Waals surface area (Å²) in [6.07, 6.45) is 0.466. The van der Waals surface area contributed by atoms with Gasteiger partial charge >= 0.3 is 12.1 Å². The standard InChI is InChI=1S/C20H24ClF3O4S/c1-4-5-6-7-16(18(25)26-3)28-19(2)11-10-17(29-19)27-15-9-8-13(12-14(15)21)20(22,23)24/h8-10,12,16H,4-7,11H2,1-3H3. The Morgan fingerprint density at radius 3 is 2.66 bits per heavy atom. The molecule has 0 radical (unpaired) electrons. The van der Waals surface area contributed by atoms with Crippen LogP contribution in [0.5, 0.6) is 5.75 Å². The molecular weight excluding hydrogens is 429 g/mol. The number of thioether (sulfide) groups is 1. The van der Waals surface area contributed by atoms with Gasteiger partial charge in [0.1, 0.15) is 10.7 Å². The average molecular weight is 453 g/mol. The van der Waals surface area contributed by atoms with Crippen molar-refractivity contribution < 1.29 is 32.2 Å². The van der Waals surface area contributed by atoms with Crippen molar-refractivity contribution in [3.05, 3.63) is 40.0 Å². The number of rotatable bonds is 9. The predicted octanol–water partition coefficient (Wildman–Crippen LogP) is 6.57. The molecule has 0 aromatic heterocycles. The summed E-state index contributed by atoms with van der Waals surface area (Å²) < 4.78 is 54.8. The number of hydrogen-bond acceptors (Lipinski definition) is 5. The van der Waals surface area contributed by atoms with Crippen molar-refractivity contribution in [2.24, 2.45) is 0 Å². The maximum Gasteiger partial charge on any atom is 0.416 e. The first-order chi connectivity index (χ1) is 13.6. The van der Waals surface area contributed by atoms with Crippen molar-refractivity contribution in [1.82, 2.24) is 0 Å². The number of methoxy groups -OCH3 is 1. The molecule has 4 nitrogen and oxygen atoms in total. The van der Waals surface area contributed by atoms with Crippen LogP contribution in [0, 0.1) is 0 Å². The van der Waals surface area contributed by atoms with E-state index in [-0.39, 0.29) is 10.8 Å². The van der Waals surface area contributed by atoms with Crippen molar-refractivity contribution in [2.45, 2.75) is 63.2 Å². The number of benzene rings is 1. The van der Waals surface area contributed by atoms with Gasteiger partial charge in [-0.15, -0.1) is 0 Å². The second-order valence-electron chi connectivity index (χ2n) is 6.83. The molecule has 1 aliphatic heterocycles. The molecule has 1 aromatic rings. The lowest BCUT2D eigenvalue weighted by atomic mass is 10.1. The molecule has 0 aliphatic carbocycles. The molecule has 2 atom stereocenters. The molecule has 0 spiro atoms. The van der Waals surface area contributed by atoms with Gasteiger partial charge in [-0.2, -0.15) is 13.2 Å². The van der Waals surface area contributed by atoms with E-state index in [2.05, 4.69) is 6.92 Å². The Kier molecular flexibility index (Phi) is 8.31. The summed E-state index contributed by atoms with van der Waals surface area (Å²) in [6, 6.07) is 2.93. The van der Waals surface area contributed by atoms with Gasteiger partial charge < -0.3 is 14.2 Å². The summed E-state index contributed by atoms with van der Waals surface area (Å²) in [5.74, 6) is -0.307. The summed E-state index contributed by atoms with van der Waals surface area (Å²) in [6.45, 7) is 3.90. The highest BCUT2D eigenvalue weighted by Gasteiger charge is 2.38. The second kappa shape index (κ2) is 10.1. The minimum atomic E-state index is -4.48. The van der Waals surface area contributed by atoms with Gasteiger partial charge in [-0.3, -0.25) is 0 Å². The number of hydrogen-bond donors (Lipinski definition) is 0. The third-order valence-corrected chi connectivity index (χ3v) is 5.79. The highest BCUT2D eigenvalue weighted by molar-refractivity contribution is 8.04. The number of carbonyl (C=O) groups excluding carboxylic acids is 1. The normalized spacial score (nSPS) is 20.3. The van der Waals surface area contributed by atoms with Crippen LogP contribution in [-0.2, 0) is 20.4 Å². The second-order valence-corrected chi connectivity index (χ2v) is 8.71. The Morgan fingerprint density at radius 1 is 1.34 bits per heavy atom. The first-order valence-corrected chi connectivity index (χ1v) is 10.5. The van der Waals surface area contributed by atoms with E-state index in [4.69, 9.17) is 25.8 Å². The Balaban J connectivity index is 2.01. The Morgan fingerprint density at radius 2 is 2.07 bits per heavy atom. The lowest BCUT2D eigenvalue weighted by molar-refractivity contribution is -0.159. The van der Waals surface area contributed by atoms with Crippen molar-refractivity contribution in [1.29, 1.82) is 0 Å². The number of alkyl halides is 3. The summed E-state index contributed by atoms with van der Waals surface area (Å²) in [4.78, 5) is 11.3. The van der Waals surface area contributed by atoms with Crippen molar-refractivity contribution in [2.75, 3.05) is 7.11 Å². The van der Waals surface area contributed by atoms with Gasteiger partial charge in [-0.05, 0) is 37.6 Å². The Hall–Kier alpha value is -1.38. The SMILES string of the molecule is CCCCCC(OC1(C)CC=C(Oc2ccc(C(F)(F)F)cc2Cl)S1)C(=O)OC. The van der Waals surface area contributed by atoms with Crippen LogP contribution in [0.2, 0.25) is 5.02 Å². The Labute approximate surface area is 177 Å². The van der Waals surface area contributed by atoms with E-state index in [1.807, 2.05) is 6.92 Å². The maximum absolute atomic E-state index is 12.8. The van der Waals surface area contributed by atoms with Crippen LogP contribution in [0.15, 0.2) is 29.4 Å². The van der Waals surface area contributed by atoms with Crippen LogP contribution in [0.3, 0.4) is 0 Å². The maximum atomic E-state index is 12.8. The van der Waals surface area contributed by atoms with E-state index in [0.29, 0.717) is 17.9 Å². The summed E-state index contributed by atoms with van der Waals surface area (Å²) >= 11 is 7.20. The van der Waals surface area contributed by atoms with Crippen LogP contribution in [-0.4, -0.2) is 24.1 Å². The minimum absolute atomic E-state index is 0.120. The number of halogens is 4. The van der Waals surface area contributed by atoms with Crippen molar-refractivity contribution >= 4 is 29.3 Å². The number of carbonyl (C=O) groups is 1. The molecule has 162 valence electrons. The molecule has 0 bridgehead atoms. The molecule has 1 aliphatic rings. The molecule has 2 unspecified atom stereocenters. The monoisotopic (exact) mass is 452 g/mol. The minimum Gasteiger partial charge on any atom is -0.467 e. The zero-order valence-corrected chi connectivity index (χ0v) is 18.0. The quantitative estimate of drug-likeness (QED) is 0.313. The van der Waals surface area contributed by atoms with E-state index in [9.17, 15) is 18.0 Å². The molecule has 9 heteroatoms. The molecular formula is C20H24ClF3O4S. The molecule has 0 fully saturated rings. The van der Waals surface area contributed by atoms with Crippen molar-refractivity contribution in [3.63, 3.8) is 0 Å². The summed E-state index contributed by atoms with van der Waals surface area (Å²) in [5, 5.41) is 0.314. The van der Waals surface area contributed by atoms with Gasteiger partial charge in [0.2, 0.25) is 0 Å². The van der Waals surface area contributed by atoms with Crippen LogP contribution in [0.25, 0.3) is 0 Å². The average Bonchev–Trinajstić information content (AvgIpc) is 3.02. The van der Waals surface area contributed by atoms with E-state index in [1.165, 1.54) is 24.9 Å². The highest BCUT2D eigenvalue weighted by Crippen LogP contribution is 2.45. The van der Waals surface area contributed by atoms with Crippen LogP contribution < -0.4 is 4.74 Å². The molecule has 0 N–H and O–H groups in total. The molecule has 2 rings (SSSR count). The lowest BCUT2D eigenvalue weighted by Gasteiger charge is -2.28. The van der Waals surface area contributed by atoms with Crippen molar-refractivity contribution in [3.8, 4) is 5.75 Å². The van der Waals surface area contributed by atoms with Crippen LogP contribution in [0.4, 0.5) is 13.2 Å². The molecule has 0 saturated heterocycles. The topological polar surface area (TPSA) is 44.8 Å². The smallest absolute Gasteiger partial charge is 0.416 e. The van der Waals surface area contributed by atoms with Gasteiger partial charge in [-0.1, -0.05) is 49.5 Å². The zero-order valence-electron chi connectivity index (χ0n) is 16.5. The highest BCUT2D eigenvalue weighted by atomic mass is 35.5. The predicted molar refractivity (Wildman–Crippen MR) is 107 cm³/mol. The largest absolute Gasteiger partial charge is 0.467 e.